The number of hydrogen-bond donors (Lipinski definition) is 4. The third-order valence-electron chi connectivity index (χ3n) is 9.57. The molecule has 2 aliphatic rings. The van der Waals surface area contributed by atoms with Gasteiger partial charge in [0.1, 0.15) is 22.7 Å². The van der Waals surface area contributed by atoms with Crippen molar-refractivity contribution in [1.82, 2.24) is 40.4 Å². The first-order chi connectivity index (χ1) is 24.8. The maximum atomic E-state index is 13.4. The van der Waals surface area contributed by atoms with Gasteiger partial charge in [-0.1, -0.05) is 24.0 Å². The standard InChI is InChI=1S/C38H44N8O6/c1-37(2,43-35(49)51-5)33(47)45-19-7-9-29(45)31-39-22-28(42-31)25-16-13-23(14-17-25)11-12-24-15-18-26-27(21-24)41-32(40-26)30-10-8-20-46(30)34(48)38(3,4)44-36(50)52-6/h13-18,21-22,29-30H,7-10,19-20H2,1-6H3,(H,39,42)(H,40,41)(H,43,49)(H,44,50)/t29-,30-/m0/s1. The van der Waals surface area contributed by atoms with Crippen LogP contribution in [0.15, 0.2) is 48.7 Å². The van der Waals surface area contributed by atoms with E-state index in [9.17, 15) is 19.2 Å². The lowest BCUT2D eigenvalue weighted by atomic mass is 10.0. The van der Waals surface area contributed by atoms with Gasteiger partial charge in [-0.2, -0.15) is 0 Å². The highest BCUT2D eigenvalue weighted by Crippen LogP contribution is 2.35. The Bertz CT molecular complexity index is 2050. The van der Waals surface area contributed by atoms with Crippen LogP contribution < -0.4 is 10.6 Å². The lowest BCUT2D eigenvalue weighted by Gasteiger charge is -2.32. The Kier molecular flexibility index (Phi) is 9.97. The van der Waals surface area contributed by atoms with Crippen molar-refractivity contribution in [3.8, 4) is 23.1 Å². The summed E-state index contributed by atoms with van der Waals surface area (Å²) in [5.41, 5.74) is 2.76. The van der Waals surface area contributed by atoms with Crippen molar-refractivity contribution >= 4 is 35.0 Å². The number of carbonyl (C=O) groups is 4. The van der Waals surface area contributed by atoms with Crippen molar-refractivity contribution in [1.29, 1.82) is 0 Å². The van der Waals surface area contributed by atoms with E-state index in [-0.39, 0.29) is 23.9 Å². The summed E-state index contributed by atoms with van der Waals surface area (Å²) >= 11 is 0. The number of hydrogen-bond acceptors (Lipinski definition) is 8. The van der Waals surface area contributed by atoms with Gasteiger partial charge in [0, 0.05) is 24.2 Å². The number of likely N-dealkylation sites (tertiary alicyclic amines) is 2. The highest BCUT2D eigenvalue weighted by Gasteiger charge is 2.42. The number of nitrogens with zero attached hydrogens (tertiary/aromatic N) is 4. The maximum absolute atomic E-state index is 13.4. The normalized spacial score (nSPS) is 17.4. The van der Waals surface area contributed by atoms with E-state index < -0.39 is 23.3 Å². The van der Waals surface area contributed by atoms with Gasteiger partial charge in [0.2, 0.25) is 11.8 Å². The molecule has 2 aromatic carbocycles. The Morgan fingerprint density at radius 3 is 1.88 bits per heavy atom. The average Bonchev–Trinajstić information content (AvgIpc) is 3.95. The van der Waals surface area contributed by atoms with Crippen LogP contribution in [0.1, 0.15) is 88.2 Å². The summed E-state index contributed by atoms with van der Waals surface area (Å²) in [6.45, 7) is 7.80. The number of imidazole rings is 2. The number of fused-ring (bicyclic) bond motifs is 1. The Balaban J connectivity index is 1.12. The first kappa shape index (κ1) is 36.0. The first-order valence-corrected chi connectivity index (χ1v) is 17.3. The van der Waals surface area contributed by atoms with Crippen molar-refractivity contribution in [3.63, 3.8) is 0 Å². The Morgan fingerprint density at radius 2 is 1.31 bits per heavy atom. The Hall–Kier alpha value is -5.84. The second-order valence-electron chi connectivity index (χ2n) is 14.2. The molecule has 2 saturated heterocycles. The number of carbonyl (C=O) groups excluding carboxylic acids is 4. The van der Waals surface area contributed by atoms with E-state index in [1.807, 2.05) is 42.5 Å². The Morgan fingerprint density at radius 1 is 0.769 bits per heavy atom. The van der Waals surface area contributed by atoms with E-state index in [2.05, 4.69) is 37.4 Å². The monoisotopic (exact) mass is 708 g/mol. The van der Waals surface area contributed by atoms with E-state index in [4.69, 9.17) is 14.5 Å². The molecule has 0 bridgehead atoms. The number of rotatable bonds is 7. The number of aromatic nitrogens is 4. The summed E-state index contributed by atoms with van der Waals surface area (Å²) in [6, 6.07) is 13.2. The van der Waals surface area contributed by atoms with Crippen LogP contribution in [0, 0.1) is 11.8 Å². The van der Waals surface area contributed by atoms with Crippen LogP contribution in [0.4, 0.5) is 9.59 Å². The van der Waals surface area contributed by atoms with Gasteiger partial charge in [0.05, 0.1) is 49.2 Å². The molecule has 4 amide bonds. The molecule has 2 atom stereocenters. The van der Waals surface area contributed by atoms with Crippen LogP contribution in [-0.2, 0) is 19.1 Å². The van der Waals surface area contributed by atoms with Crippen molar-refractivity contribution in [2.24, 2.45) is 0 Å². The molecule has 2 aromatic heterocycles. The minimum atomic E-state index is -1.13. The fourth-order valence-corrected chi connectivity index (χ4v) is 6.82. The summed E-state index contributed by atoms with van der Waals surface area (Å²) in [5, 5.41) is 5.25. The second-order valence-corrected chi connectivity index (χ2v) is 14.2. The quantitative estimate of drug-likeness (QED) is 0.195. The van der Waals surface area contributed by atoms with Gasteiger partial charge in [-0.3, -0.25) is 9.59 Å². The number of aromatic amines is 2. The first-order valence-electron chi connectivity index (χ1n) is 17.3. The molecule has 0 saturated carbocycles. The van der Waals surface area contributed by atoms with E-state index in [1.165, 1.54) is 14.2 Å². The second kappa shape index (κ2) is 14.4. The fourth-order valence-electron chi connectivity index (χ4n) is 6.82. The molecule has 6 rings (SSSR count). The molecule has 0 spiro atoms. The maximum Gasteiger partial charge on any atom is 0.407 e. The molecule has 4 heterocycles. The van der Waals surface area contributed by atoms with Gasteiger partial charge < -0.3 is 39.9 Å². The van der Waals surface area contributed by atoms with Crippen molar-refractivity contribution in [3.05, 3.63) is 71.4 Å². The molecule has 272 valence electrons. The number of benzene rings is 2. The summed E-state index contributed by atoms with van der Waals surface area (Å²) in [6.07, 6.45) is 3.64. The molecule has 52 heavy (non-hydrogen) atoms. The summed E-state index contributed by atoms with van der Waals surface area (Å²) in [4.78, 5) is 70.1. The fraction of sp³-hybridized carbons (Fsp3) is 0.421. The van der Waals surface area contributed by atoms with Crippen LogP contribution in [0.5, 0.6) is 0 Å². The van der Waals surface area contributed by atoms with Gasteiger partial charge in [0.15, 0.2) is 0 Å². The topological polar surface area (TPSA) is 175 Å². The summed E-state index contributed by atoms with van der Waals surface area (Å²) < 4.78 is 9.40. The predicted octanol–water partition coefficient (Wildman–Crippen LogP) is 4.95. The van der Waals surface area contributed by atoms with Crippen LogP contribution >= 0.6 is 0 Å². The predicted molar refractivity (Wildman–Crippen MR) is 193 cm³/mol. The molecule has 4 aromatic rings. The largest absolute Gasteiger partial charge is 0.453 e. The molecule has 14 heteroatoms. The SMILES string of the molecule is COC(=O)NC(C)(C)C(=O)N1CCC[C@H]1c1ncc(-c2ccc(C#Cc3ccc4nc([C@@H]5CCCN5C(=O)C(C)(C)NC(=O)OC)[nH]c4c3)cc2)[nH]1. The zero-order valence-corrected chi connectivity index (χ0v) is 30.3. The van der Waals surface area contributed by atoms with E-state index in [0.717, 1.165) is 59.1 Å². The smallest absolute Gasteiger partial charge is 0.407 e. The van der Waals surface area contributed by atoms with Gasteiger partial charge in [0.25, 0.3) is 0 Å². The molecule has 14 nitrogen and oxygen atoms in total. The van der Waals surface area contributed by atoms with Gasteiger partial charge in [-0.15, -0.1) is 0 Å². The van der Waals surface area contributed by atoms with E-state index in [0.29, 0.717) is 24.7 Å². The van der Waals surface area contributed by atoms with E-state index in [1.54, 1.807) is 43.7 Å². The third kappa shape index (κ3) is 7.44. The summed E-state index contributed by atoms with van der Waals surface area (Å²) in [5.74, 6) is 7.47. The van der Waals surface area contributed by atoms with Crippen molar-refractivity contribution in [2.75, 3.05) is 27.3 Å². The molecule has 4 N–H and O–H groups in total. The molecular weight excluding hydrogens is 664 g/mol. The molecule has 2 fully saturated rings. The minimum absolute atomic E-state index is 0.198. The van der Waals surface area contributed by atoms with Crippen LogP contribution in [0.25, 0.3) is 22.3 Å². The van der Waals surface area contributed by atoms with Crippen LogP contribution in [-0.4, -0.2) is 92.1 Å². The van der Waals surface area contributed by atoms with Crippen molar-refractivity contribution in [2.45, 2.75) is 76.5 Å². The molecular formula is C38H44N8O6. The number of methoxy groups -OCH3 is 2. The van der Waals surface area contributed by atoms with Crippen LogP contribution in [0.3, 0.4) is 0 Å². The number of H-pyrrole nitrogens is 2. The van der Waals surface area contributed by atoms with Gasteiger partial charge >= 0.3 is 12.2 Å². The number of alkyl carbamates (subject to hydrolysis) is 2. The summed E-state index contributed by atoms with van der Waals surface area (Å²) in [7, 11) is 2.54. The lowest BCUT2D eigenvalue weighted by Crippen LogP contribution is -2.55. The lowest BCUT2D eigenvalue weighted by molar-refractivity contribution is -0.138. The van der Waals surface area contributed by atoms with Gasteiger partial charge in [-0.25, -0.2) is 19.6 Å². The average molecular weight is 709 g/mol. The highest BCUT2D eigenvalue weighted by atomic mass is 16.5. The molecule has 2 aliphatic heterocycles. The molecule has 0 aliphatic carbocycles. The molecule has 0 unspecified atom stereocenters. The van der Waals surface area contributed by atoms with Crippen LogP contribution in [0.2, 0.25) is 0 Å². The number of ether oxygens (including phenoxy) is 2. The zero-order valence-electron chi connectivity index (χ0n) is 30.3. The Labute approximate surface area is 302 Å². The highest BCUT2D eigenvalue weighted by molar-refractivity contribution is 5.90. The molecule has 0 radical (unpaired) electrons. The number of amides is 4. The van der Waals surface area contributed by atoms with E-state index >= 15 is 0 Å². The number of nitrogens with one attached hydrogen (secondary N) is 4. The van der Waals surface area contributed by atoms with Gasteiger partial charge in [-0.05, 0) is 89.3 Å². The minimum Gasteiger partial charge on any atom is -0.453 e. The van der Waals surface area contributed by atoms with Crippen molar-refractivity contribution < 1.29 is 28.7 Å². The third-order valence-corrected chi connectivity index (χ3v) is 9.57. The zero-order chi connectivity index (χ0) is 37.2.